The van der Waals surface area contributed by atoms with Crippen molar-refractivity contribution >= 4 is 34.7 Å². The number of aryl methyl sites for hydroxylation is 1. The predicted molar refractivity (Wildman–Crippen MR) is 221 cm³/mol. The number of benzene rings is 1. The van der Waals surface area contributed by atoms with Crippen LogP contribution in [0.1, 0.15) is 114 Å². The highest BCUT2D eigenvalue weighted by Crippen LogP contribution is 2.38. The number of aromatic nitrogens is 1. The van der Waals surface area contributed by atoms with Crippen molar-refractivity contribution in [2.24, 2.45) is 29.6 Å². The van der Waals surface area contributed by atoms with E-state index in [2.05, 4.69) is 55.3 Å². The number of thiazole rings is 1. The zero-order chi connectivity index (χ0) is 40.7. The summed E-state index contributed by atoms with van der Waals surface area (Å²) in [5.74, 6) is -0.422. The molecule has 1 aromatic carbocycles. The Kier molecular flexibility index (Phi) is 15.9. The van der Waals surface area contributed by atoms with Gasteiger partial charge in [0.1, 0.15) is 5.78 Å². The molecular weight excluding hydrogens is 725 g/mol. The number of rotatable bonds is 21. The molecule has 0 unspecified atom stereocenters. The number of hydrogen-bond donors (Lipinski definition) is 1. The molecule has 1 saturated carbocycles. The minimum atomic E-state index is -0.552. The van der Waals surface area contributed by atoms with Crippen LogP contribution < -0.4 is 5.32 Å². The molecule has 10 nitrogen and oxygen atoms in total. The average Bonchev–Trinajstić information content (AvgIpc) is 4.03. The summed E-state index contributed by atoms with van der Waals surface area (Å²) in [7, 11) is 5.07. The summed E-state index contributed by atoms with van der Waals surface area (Å²) in [6.07, 6.45) is 7.77. The summed E-state index contributed by atoms with van der Waals surface area (Å²) >= 11 is 1.58. The minimum Gasteiger partial charge on any atom is -0.379 e. The maximum atomic E-state index is 14.4. The Balaban J connectivity index is 1.26. The molecule has 3 aliphatic rings. The van der Waals surface area contributed by atoms with E-state index in [0.29, 0.717) is 24.9 Å². The van der Waals surface area contributed by atoms with Crippen LogP contribution in [0.25, 0.3) is 0 Å². The zero-order valence-corrected chi connectivity index (χ0v) is 36.2. The fraction of sp³-hybridized carbons (Fsp3) is 0.711. The Morgan fingerprint density at radius 3 is 2.39 bits per heavy atom. The van der Waals surface area contributed by atoms with Crippen LogP contribution in [0, 0.1) is 36.5 Å². The van der Waals surface area contributed by atoms with Gasteiger partial charge in [-0.15, -0.1) is 11.3 Å². The molecule has 2 aromatic rings. The number of carbonyl (C=O) groups excluding carboxylic acids is 4. The molecule has 56 heavy (non-hydrogen) atoms. The van der Waals surface area contributed by atoms with E-state index < -0.39 is 24.0 Å². The first-order valence-corrected chi connectivity index (χ1v) is 22.0. The van der Waals surface area contributed by atoms with Gasteiger partial charge in [-0.3, -0.25) is 19.2 Å². The second-order valence-electron chi connectivity index (χ2n) is 17.5. The molecule has 2 saturated heterocycles. The van der Waals surface area contributed by atoms with Crippen LogP contribution in [0.15, 0.2) is 35.8 Å². The first-order chi connectivity index (χ1) is 26.8. The van der Waals surface area contributed by atoms with E-state index in [1.807, 2.05) is 38.1 Å². The monoisotopic (exact) mass is 792 g/mol. The van der Waals surface area contributed by atoms with Crippen molar-refractivity contribution in [1.29, 1.82) is 0 Å². The first kappa shape index (κ1) is 44.1. The van der Waals surface area contributed by atoms with Gasteiger partial charge in [-0.1, -0.05) is 70.9 Å². The van der Waals surface area contributed by atoms with Crippen molar-refractivity contribution in [3.8, 4) is 0 Å². The maximum Gasteiger partial charge on any atom is 0.226 e. The van der Waals surface area contributed by atoms with Gasteiger partial charge in [-0.05, 0) is 68.8 Å². The second kappa shape index (κ2) is 20.1. The third-order valence-corrected chi connectivity index (χ3v) is 14.4. The molecular formula is C45H68N4O6S. The molecule has 0 spiro atoms. The highest BCUT2D eigenvalue weighted by Gasteiger charge is 2.46. The van der Waals surface area contributed by atoms with Crippen molar-refractivity contribution in [3.63, 3.8) is 0 Å². The van der Waals surface area contributed by atoms with Gasteiger partial charge in [0, 0.05) is 76.0 Å². The van der Waals surface area contributed by atoms with Crippen LogP contribution in [0.3, 0.4) is 0 Å². The lowest BCUT2D eigenvalue weighted by atomic mass is 9.83. The van der Waals surface area contributed by atoms with Crippen LogP contribution in [0.5, 0.6) is 0 Å². The van der Waals surface area contributed by atoms with Gasteiger partial charge in [0.2, 0.25) is 11.8 Å². The number of ketones is 2. The van der Waals surface area contributed by atoms with Crippen molar-refractivity contribution in [2.45, 2.75) is 148 Å². The summed E-state index contributed by atoms with van der Waals surface area (Å²) < 4.78 is 12.2. The van der Waals surface area contributed by atoms with E-state index >= 15 is 0 Å². The second-order valence-corrected chi connectivity index (χ2v) is 18.4. The van der Waals surface area contributed by atoms with Crippen LogP contribution >= 0.6 is 11.3 Å². The molecule has 2 bridgehead atoms. The van der Waals surface area contributed by atoms with Crippen LogP contribution in [0.2, 0.25) is 0 Å². The van der Waals surface area contributed by atoms with Gasteiger partial charge < -0.3 is 24.6 Å². The fourth-order valence-electron chi connectivity index (χ4n) is 10.0. The van der Waals surface area contributed by atoms with Crippen LogP contribution in [-0.2, 0) is 35.1 Å². The molecule has 2 amide bonds. The number of ether oxygens (including phenoxy) is 2. The van der Waals surface area contributed by atoms with Crippen molar-refractivity contribution in [1.82, 2.24) is 20.1 Å². The quantitative estimate of drug-likeness (QED) is 0.143. The summed E-state index contributed by atoms with van der Waals surface area (Å²) in [5, 5.41) is 6.43. The number of fused-ring (bicyclic) bond motifs is 2. The van der Waals surface area contributed by atoms with E-state index in [-0.39, 0.29) is 72.1 Å². The van der Waals surface area contributed by atoms with Gasteiger partial charge in [0.25, 0.3) is 0 Å². The number of nitrogens with zero attached hydrogens (tertiary/aromatic N) is 3. The molecule has 310 valence electrons. The predicted octanol–water partition coefficient (Wildman–Crippen LogP) is 7.03. The van der Waals surface area contributed by atoms with E-state index in [4.69, 9.17) is 9.47 Å². The number of hydrogen-bond acceptors (Lipinski definition) is 9. The number of piperidine rings is 1. The SMILES string of the molecule is CC[C@H](C)[C@@H]([C@@H](CC(=O)N1CCC[C@H]1[C@H](OC)[C@@H](C)C(=O)C[C@@H](Cc1cccc(C)c1)c1nccs1)OC)N(C)C(=O)[C@@H](CC(=O)[C@H]1N[C@H]2CC[C@H]1C2)C(C)C. The topological polar surface area (TPSA) is 118 Å². The van der Waals surface area contributed by atoms with Gasteiger partial charge in [-0.2, -0.15) is 0 Å². The highest BCUT2D eigenvalue weighted by molar-refractivity contribution is 7.09. The van der Waals surface area contributed by atoms with Crippen molar-refractivity contribution in [2.75, 3.05) is 27.8 Å². The standard InChI is InChI=1S/C45H68N4O6S/c1-10-29(5)42(48(7)45(53)35(27(2)3)25-38(51)41-32-16-17-34(23-32)47-41)39(54-8)26-40(52)49-19-12-15-36(49)43(55-9)30(6)37(50)24-33(44-46-18-20-56-44)22-31-14-11-13-28(4)21-31/h11,13-14,18,20-21,27,29-30,32-36,39,41-43,47H,10,12,15-17,19,22-26H2,1-9H3/t29-,30-,32-,33+,34-,35-,36-,39+,41-,42-,43+/m0/s1. The molecule has 1 aromatic heterocycles. The van der Waals surface area contributed by atoms with Crippen LogP contribution in [0.4, 0.5) is 0 Å². The number of likely N-dealkylation sites (tertiary alicyclic amines) is 1. The van der Waals surface area contributed by atoms with E-state index in [0.717, 1.165) is 50.0 Å². The summed E-state index contributed by atoms with van der Waals surface area (Å²) in [5.41, 5.74) is 2.36. The third kappa shape index (κ3) is 10.4. The molecule has 3 heterocycles. The van der Waals surface area contributed by atoms with E-state index in [1.165, 1.54) is 11.1 Å². The Bertz CT molecular complexity index is 1620. The summed E-state index contributed by atoms with van der Waals surface area (Å²) in [6, 6.07) is 8.06. The lowest BCUT2D eigenvalue weighted by Crippen LogP contribution is -2.54. The lowest BCUT2D eigenvalue weighted by molar-refractivity contribution is -0.149. The maximum absolute atomic E-state index is 14.4. The van der Waals surface area contributed by atoms with Gasteiger partial charge in [0.15, 0.2) is 5.78 Å². The Morgan fingerprint density at radius 1 is 1.04 bits per heavy atom. The molecule has 11 atom stereocenters. The van der Waals surface area contributed by atoms with E-state index in [9.17, 15) is 19.2 Å². The molecule has 1 aliphatic carbocycles. The average molecular weight is 793 g/mol. The van der Waals surface area contributed by atoms with E-state index in [1.54, 1.807) is 36.7 Å². The van der Waals surface area contributed by atoms with Crippen molar-refractivity contribution in [3.05, 3.63) is 52.0 Å². The Hall–Kier alpha value is -2.99. The minimum absolute atomic E-state index is 0.0203. The Morgan fingerprint density at radius 2 is 1.80 bits per heavy atom. The van der Waals surface area contributed by atoms with Crippen LogP contribution in [-0.4, -0.2) is 102 Å². The summed E-state index contributed by atoms with van der Waals surface area (Å²) in [6.45, 7) is 12.8. The van der Waals surface area contributed by atoms with Gasteiger partial charge in [-0.25, -0.2) is 4.98 Å². The zero-order valence-electron chi connectivity index (χ0n) is 35.4. The first-order valence-electron chi connectivity index (χ1n) is 21.2. The number of likely N-dealkylation sites (N-methyl/N-ethyl adjacent to an activating group) is 1. The molecule has 11 heteroatoms. The number of carbonyl (C=O) groups is 4. The number of amides is 2. The largest absolute Gasteiger partial charge is 0.379 e. The smallest absolute Gasteiger partial charge is 0.226 e. The summed E-state index contributed by atoms with van der Waals surface area (Å²) in [4.78, 5) is 64.6. The normalized spacial score (nSPS) is 24.4. The number of Topliss-reactive ketones (excluding diaryl/α,β-unsaturated/α-hetero) is 2. The van der Waals surface area contributed by atoms with Crippen molar-refractivity contribution < 1.29 is 28.7 Å². The molecule has 3 fully saturated rings. The Labute approximate surface area is 339 Å². The lowest BCUT2D eigenvalue weighted by Gasteiger charge is -2.41. The number of nitrogens with one attached hydrogen (secondary N) is 1. The molecule has 2 aliphatic heterocycles. The third-order valence-electron chi connectivity index (χ3n) is 13.4. The number of methoxy groups -OCH3 is 2. The molecule has 5 rings (SSSR count). The fourth-order valence-corrected chi connectivity index (χ4v) is 10.7. The molecule has 1 N–H and O–H groups in total. The van der Waals surface area contributed by atoms with Gasteiger partial charge >= 0.3 is 0 Å². The van der Waals surface area contributed by atoms with Gasteiger partial charge in [0.05, 0.1) is 41.8 Å². The molecule has 0 radical (unpaired) electrons. The highest BCUT2D eigenvalue weighted by atomic mass is 32.1.